The van der Waals surface area contributed by atoms with E-state index in [9.17, 15) is 0 Å². The van der Waals surface area contributed by atoms with Gasteiger partial charge < -0.3 is 9.47 Å². The van der Waals surface area contributed by atoms with Gasteiger partial charge in [-0.1, -0.05) is 164 Å². The predicted molar refractivity (Wildman–Crippen MR) is 255 cm³/mol. The van der Waals surface area contributed by atoms with E-state index in [0.29, 0.717) is 0 Å². The molecular weight excluding hydrogens is 725 g/mol. The Labute approximate surface area is 348 Å². The topological polar surface area (TPSA) is 8.17 Å². The fraction of sp³-hybridized carbons (Fsp3) is 0. The highest BCUT2D eigenvalue weighted by Gasteiger charge is 2.21. The SMILES string of the molecule is c1ccc(-c2cc(-c3ccccc3)cc(-n3c4ccccc4c4cc5ccc6ccc(-c7ccc(N(c8ccccc8)c8ccccc8)cc7)c7ccc(c5c67)c43)c2)cc1. The Hall–Kier alpha value is -7.94. The van der Waals surface area contributed by atoms with Crippen molar-refractivity contribution in [1.29, 1.82) is 0 Å². The fourth-order valence-electron chi connectivity index (χ4n) is 9.57. The number of nitrogens with zero attached hydrogens (tertiary/aromatic N) is 2. The van der Waals surface area contributed by atoms with Crippen LogP contribution in [0.1, 0.15) is 0 Å². The van der Waals surface area contributed by atoms with Gasteiger partial charge in [0, 0.05) is 38.9 Å². The molecule has 0 aliphatic heterocycles. The third-order valence-electron chi connectivity index (χ3n) is 12.3. The van der Waals surface area contributed by atoms with Crippen molar-refractivity contribution in [3.63, 3.8) is 0 Å². The molecule has 60 heavy (non-hydrogen) atoms. The van der Waals surface area contributed by atoms with E-state index >= 15 is 0 Å². The van der Waals surface area contributed by atoms with Crippen molar-refractivity contribution < 1.29 is 0 Å². The van der Waals surface area contributed by atoms with Crippen LogP contribution in [0.2, 0.25) is 0 Å². The molecule has 11 aromatic carbocycles. The highest BCUT2D eigenvalue weighted by Crippen LogP contribution is 2.46. The normalized spacial score (nSPS) is 11.7. The van der Waals surface area contributed by atoms with Crippen molar-refractivity contribution in [3.8, 4) is 39.1 Å². The van der Waals surface area contributed by atoms with Gasteiger partial charge in [-0.2, -0.15) is 0 Å². The van der Waals surface area contributed by atoms with Crippen LogP contribution in [0, 0.1) is 0 Å². The van der Waals surface area contributed by atoms with E-state index in [1.54, 1.807) is 0 Å². The number of fused-ring (bicyclic) bond motifs is 4. The van der Waals surface area contributed by atoms with Crippen molar-refractivity contribution in [1.82, 2.24) is 4.57 Å². The quantitative estimate of drug-likeness (QED) is 0.147. The molecule has 2 nitrogen and oxygen atoms in total. The molecule has 0 saturated heterocycles. The van der Waals surface area contributed by atoms with Crippen LogP contribution in [-0.2, 0) is 0 Å². The summed E-state index contributed by atoms with van der Waals surface area (Å²) in [5.41, 5.74) is 14.2. The average molecular weight is 763 g/mol. The Kier molecular flexibility index (Phi) is 7.89. The van der Waals surface area contributed by atoms with Gasteiger partial charge in [0.25, 0.3) is 0 Å². The van der Waals surface area contributed by atoms with Gasteiger partial charge in [-0.05, 0) is 127 Å². The number of rotatable bonds is 7. The van der Waals surface area contributed by atoms with Crippen molar-refractivity contribution in [3.05, 3.63) is 231 Å². The van der Waals surface area contributed by atoms with E-state index in [1.807, 2.05) is 0 Å². The molecule has 0 aliphatic rings. The number of benzene rings is 11. The van der Waals surface area contributed by atoms with Crippen molar-refractivity contribution in [2.75, 3.05) is 4.90 Å². The van der Waals surface area contributed by atoms with Gasteiger partial charge in [0.2, 0.25) is 0 Å². The minimum absolute atomic E-state index is 1.12. The maximum atomic E-state index is 2.51. The lowest BCUT2D eigenvalue weighted by Crippen LogP contribution is -2.09. The molecule has 0 saturated carbocycles. The summed E-state index contributed by atoms with van der Waals surface area (Å²) in [6.07, 6.45) is 0. The zero-order chi connectivity index (χ0) is 39.6. The van der Waals surface area contributed by atoms with E-state index in [2.05, 4.69) is 240 Å². The Morgan fingerprint density at radius 2 is 0.817 bits per heavy atom. The second-order valence-corrected chi connectivity index (χ2v) is 15.7. The standard InChI is InChI=1S/C58H38N2/c1-5-15-39(16-6-1)44-35-45(40-17-7-2-8-18-40)37-49(36-44)60-55-24-14-13-23-51(55)54-38-43-26-25-42-29-32-50(52-33-34-53(58(54)60)57(43)56(42)52)41-27-30-48(31-28-41)59(46-19-9-3-10-20-46)47-21-11-4-12-22-47/h1-38H. The van der Waals surface area contributed by atoms with Crippen LogP contribution in [0.4, 0.5) is 17.1 Å². The van der Waals surface area contributed by atoms with Crippen LogP contribution < -0.4 is 4.90 Å². The fourth-order valence-corrected chi connectivity index (χ4v) is 9.57. The summed E-state index contributed by atoms with van der Waals surface area (Å²) in [5.74, 6) is 0. The summed E-state index contributed by atoms with van der Waals surface area (Å²) in [4.78, 5) is 2.32. The summed E-state index contributed by atoms with van der Waals surface area (Å²) >= 11 is 0. The molecule has 0 aliphatic carbocycles. The lowest BCUT2D eigenvalue weighted by atomic mass is 9.89. The molecule has 0 spiro atoms. The van der Waals surface area contributed by atoms with Gasteiger partial charge >= 0.3 is 0 Å². The summed E-state index contributed by atoms with van der Waals surface area (Å²) in [6.45, 7) is 0. The minimum atomic E-state index is 1.12. The molecular formula is C58H38N2. The lowest BCUT2D eigenvalue weighted by molar-refractivity contribution is 1.19. The predicted octanol–water partition coefficient (Wildman–Crippen LogP) is 16.2. The van der Waals surface area contributed by atoms with Gasteiger partial charge in [0.05, 0.1) is 11.0 Å². The molecule has 0 bridgehead atoms. The number of anilines is 3. The summed E-state index contributed by atoms with van der Waals surface area (Å²) in [5, 5.41) is 10.2. The van der Waals surface area contributed by atoms with Gasteiger partial charge in [0.15, 0.2) is 0 Å². The highest BCUT2D eigenvalue weighted by molar-refractivity contribution is 6.32. The van der Waals surface area contributed by atoms with Gasteiger partial charge in [0.1, 0.15) is 0 Å². The molecule has 0 N–H and O–H groups in total. The lowest BCUT2D eigenvalue weighted by Gasteiger charge is -2.25. The molecule has 1 aromatic heterocycles. The van der Waals surface area contributed by atoms with Crippen LogP contribution in [0.3, 0.4) is 0 Å². The largest absolute Gasteiger partial charge is 0.311 e. The van der Waals surface area contributed by atoms with Crippen LogP contribution in [0.5, 0.6) is 0 Å². The summed E-state index contributed by atoms with van der Waals surface area (Å²) < 4.78 is 2.51. The van der Waals surface area contributed by atoms with Crippen LogP contribution in [-0.4, -0.2) is 4.57 Å². The first-order valence-corrected chi connectivity index (χ1v) is 20.7. The first kappa shape index (κ1) is 34.1. The van der Waals surface area contributed by atoms with Gasteiger partial charge in [-0.25, -0.2) is 0 Å². The van der Waals surface area contributed by atoms with E-state index < -0.39 is 0 Å². The third-order valence-corrected chi connectivity index (χ3v) is 12.3. The monoisotopic (exact) mass is 762 g/mol. The molecule has 12 aromatic rings. The first-order chi connectivity index (χ1) is 29.8. The summed E-state index contributed by atoms with van der Waals surface area (Å²) in [6, 6.07) is 84.1. The van der Waals surface area contributed by atoms with Crippen LogP contribution >= 0.6 is 0 Å². The second-order valence-electron chi connectivity index (χ2n) is 15.7. The molecule has 0 amide bonds. The molecule has 2 heteroatoms. The second kappa shape index (κ2) is 13.9. The Morgan fingerprint density at radius 1 is 0.300 bits per heavy atom. The van der Waals surface area contributed by atoms with Crippen molar-refractivity contribution in [2.45, 2.75) is 0 Å². The van der Waals surface area contributed by atoms with Crippen molar-refractivity contribution >= 4 is 71.2 Å². The van der Waals surface area contributed by atoms with Gasteiger partial charge in [-0.15, -0.1) is 0 Å². The number of hydrogen-bond donors (Lipinski definition) is 0. The van der Waals surface area contributed by atoms with Crippen molar-refractivity contribution in [2.24, 2.45) is 0 Å². The number of aromatic nitrogens is 1. The van der Waals surface area contributed by atoms with E-state index in [4.69, 9.17) is 0 Å². The molecule has 12 rings (SSSR count). The maximum Gasteiger partial charge on any atom is 0.0620 e. The molecule has 0 atom stereocenters. The summed E-state index contributed by atoms with van der Waals surface area (Å²) in [7, 11) is 0. The van der Waals surface area contributed by atoms with E-state index in [0.717, 1.165) is 22.7 Å². The van der Waals surface area contributed by atoms with Gasteiger partial charge in [-0.3, -0.25) is 0 Å². The molecule has 0 unspecified atom stereocenters. The molecule has 280 valence electrons. The molecule has 1 heterocycles. The smallest absolute Gasteiger partial charge is 0.0620 e. The third kappa shape index (κ3) is 5.50. The van der Waals surface area contributed by atoms with E-state index in [-0.39, 0.29) is 0 Å². The molecule has 0 fully saturated rings. The Balaban J connectivity index is 1.07. The highest BCUT2D eigenvalue weighted by atomic mass is 15.1. The average Bonchev–Trinajstić information content (AvgIpc) is 3.66. The first-order valence-electron chi connectivity index (χ1n) is 20.7. The Bertz CT molecular complexity index is 3400. The minimum Gasteiger partial charge on any atom is -0.311 e. The van der Waals surface area contributed by atoms with Crippen LogP contribution in [0.25, 0.3) is 93.2 Å². The van der Waals surface area contributed by atoms with Crippen LogP contribution in [0.15, 0.2) is 231 Å². The zero-order valence-corrected chi connectivity index (χ0v) is 32.8. The zero-order valence-electron chi connectivity index (χ0n) is 32.8. The van der Waals surface area contributed by atoms with E-state index in [1.165, 1.54) is 87.5 Å². The number of hydrogen-bond acceptors (Lipinski definition) is 1. The number of para-hydroxylation sites is 3. The molecule has 0 radical (unpaired) electrons. The maximum absolute atomic E-state index is 2.51. The Morgan fingerprint density at radius 3 is 1.47 bits per heavy atom.